The Bertz CT molecular complexity index is 1220. The fraction of sp³-hybridized carbons (Fsp3) is 0.350. The van der Waals surface area contributed by atoms with Crippen LogP contribution >= 0.6 is 0 Å². The van der Waals surface area contributed by atoms with Crippen LogP contribution in [0.25, 0.3) is 11.0 Å². The van der Waals surface area contributed by atoms with Gasteiger partial charge in [-0.3, -0.25) is 0 Å². The lowest BCUT2D eigenvalue weighted by Crippen LogP contribution is -2.40. The Balaban J connectivity index is 1.46. The van der Waals surface area contributed by atoms with Crippen LogP contribution in [0.5, 0.6) is 0 Å². The van der Waals surface area contributed by atoms with Crippen molar-refractivity contribution in [2.45, 2.75) is 23.8 Å². The second-order valence-corrected chi connectivity index (χ2v) is 9.80. The summed E-state index contributed by atoms with van der Waals surface area (Å²) in [6, 6.07) is 10.1. The van der Waals surface area contributed by atoms with Gasteiger partial charge in [0.25, 0.3) is 0 Å². The lowest BCUT2D eigenvalue weighted by atomic mass is 9.99. The maximum absolute atomic E-state index is 13.2. The average molecular weight is 408 g/mol. The summed E-state index contributed by atoms with van der Waals surface area (Å²) in [5, 5.41) is 9.89. The Morgan fingerprint density at radius 3 is 2.69 bits per heavy atom. The molecule has 3 heterocycles. The fourth-order valence-electron chi connectivity index (χ4n) is 4.41. The van der Waals surface area contributed by atoms with Crippen LogP contribution in [0.3, 0.4) is 0 Å². The molecule has 2 aromatic heterocycles. The SMILES string of the molecule is CN(c1ncnc2[nH]ccc12)[C@H]1CN(S(=O)(=O)c2ccc(C#N)cc2)CC12CC2. The van der Waals surface area contributed by atoms with Crippen molar-refractivity contribution in [1.82, 2.24) is 19.3 Å². The number of hydrogen-bond donors (Lipinski definition) is 1. The minimum absolute atomic E-state index is 0.0397. The number of H-pyrrole nitrogens is 1. The molecule has 0 radical (unpaired) electrons. The number of rotatable bonds is 4. The zero-order valence-electron chi connectivity index (χ0n) is 15.9. The summed E-state index contributed by atoms with van der Waals surface area (Å²) in [6.07, 6.45) is 5.37. The van der Waals surface area contributed by atoms with E-state index >= 15 is 0 Å². The third-order valence-corrected chi connectivity index (χ3v) is 8.05. The summed E-state index contributed by atoms with van der Waals surface area (Å²) in [6.45, 7) is 0.917. The highest BCUT2D eigenvalue weighted by atomic mass is 32.2. The molecule has 1 aliphatic carbocycles. The van der Waals surface area contributed by atoms with Crippen LogP contribution in [-0.2, 0) is 10.0 Å². The molecule has 1 saturated carbocycles. The molecule has 0 bridgehead atoms. The van der Waals surface area contributed by atoms with Crippen LogP contribution in [0.2, 0.25) is 0 Å². The van der Waals surface area contributed by atoms with Crippen molar-refractivity contribution >= 4 is 26.9 Å². The van der Waals surface area contributed by atoms with Crippen LogP contribution in [0, 0.1) is 16.7 Å². The lowest BCUT2D eigenvalue weighted by Gasteiger charge is -2.30. The zero-order valence-corrected chi connectivity index (χ0v) is 16.7. The molecule has 0 unspecified atom stereocenters. The molecule has 5 rings (SSSR count). The van der Waals surface area contributed by atoms with E-state index in [1.54, 1.807) is 16.4 Å². The van der Waals surface area contributed by atoms with E-state index in [9.17, 15) is 8.42 Å². The summed E-state index contributed by atoms with van der Waals surface area (Å²) in [4.78, 5) is 14.2. The number of sulfonamides is 1. The Hall–Kier alpha value is -2.96. The van der Waals surface area contributed by atoms with E-state index in [1.807, 2.05) is 25.4 Å². The highest BCUT2D eigenvalue weighted by molar-refractivity contribution is 7.89. The van der Waals surface area contributed by atoms with Gasteiger partial charge >= 0.3 is 0 Å². The summed E-state index contributed by atoms with van der Waals surface area (Å²) < 4.78 is 28.0. The molecular formula is C20H20N6O2S. The minimum atomic E-state index is -3.62. The molecule has 1 N–H and O–H groups in total. The number of nitriles is 1. The molecule has 1 saturated heterocycles. The standard InChI is InChI=1S/C20H20N6O2S/c1-25(19-16-6-9-22-18(16)23-13-24-19)17-11-26(12-20(17)7-8-20)29(27,28)15-4-2-14(10-21)3-5-15/h2-6,9,13,17H,7-8,11-12H2,1H3,(H,22,23,24)/t17-/m0/s1. The third-order valence-electron chi connectivity index (χ3n) is 6.22. The normalized spacial score (nSPS) is 20.8. The van der Waals surface area contributed by atoms with Crippen molar-refractivity contribution in [2.75, 3.05) is 25.0 Å². The van der Waals surface area contributed by atoms with Crippen LogP contribution in [0.15, 0.2) is 47.8 Å². The number of nitrogens with zero attached hydrogens (tertiary/aromatic N) is 5. The fourth-order valence-corrected chi connectivity index (χ4v) is 5.96. The molecule has 2 aliphatic rings. The van der Waals surface area contributed by atoms with Crippen LogP contribution in [0.4, 0.5) is 5.82 Å². The molecular weight excluding hydrogens is 388 g/mol. The molecule has 3 aromatic rings. The summed E-state index contributed by atoms with van der Waals surface area (Å²) >= 11 is 0. The highest BCUT2D eigenvalue weighted by Crippen LogP contribution is 2.55. The maximum atomic E-state index is 13.2. The van der Waals surface area contributed by atoms with Gasteiger partial charge in [0, 0.05) is 31.7 Å². The van der Waals surface area contributed by atoms with Gasteiger partial charge in [-0.2, -0.15) is 9.57 Å². The summed E-state index contributed by atoms with van der Waals surface area (Å²) in [7, 11) is -1.63. The first-order valence-corrected chi connectivity index (χ1v) is 10.9. The van der Waals surface area contributed by atoms with Gasteiger partial charge in [-0.1, -0.05) is 0 Å². The first kappa shape index (κ1) is 18.1. The largest absolute Gasteiger partial charge is 0.354 e. The van der Waals surface area contributed by atoms with E-state index in [-0.39, 0.29) is 16.4 Å². The van der Waals surface area contributed by atoms with Gasteiger partial charge in [0.05, 0.1) is 28.0 Å². The molecule has 2 fully saturated rings. The predicted molar refractivity (Wildman–Crippen MR) is 108 cm³/mol. The van der Waals surface area contributed by atoms with Crippen LogP contribution in [-0.4, -0.2) is 53.9 Å². The minimum Gasteiger partial charge on any atom is -0.354 e. The Labute approximate surface area is 168 Å². The number of nitrogens with one attached hydrogen (secondary N) is 1. The molecule has 1 spiro atoms. The summed E-state index contributed by atoms with van der Waals surface area (Å²) in [5.41, 5.74) is 1.18. The number of fused-ring (bicyclic) bond motifs is 1. The Morgan fingerprint density at radius 2 is 2.00 bits per heavy atom. The molecule has 148 valence electrons. The molecule has 8 nitrogen and oxygen atoms in total. The molecule has 1 atom stereocenters. The van der Waals surface area contributed by atoms with Gasteiger partial charge in [0.2, 0.25) is 10.0 Å². The van der Waals surface area contributed by atoms with Gasteiger partial charge in [-0.05, 0) is 43.2 Å². The van der Waals surface area contributed by atoms with Crippen LogP contribution < -0.4 is 4.90 Å². The van der Waals surface area contributed by atoms with E-state index < -0.39 is 10.0 Å². The van der Waals surface area contributed by atoms with Gasteiger partial charge in [-0.25, -0.2) is 18.4 Å². The Morgan fingerprint density at radius 1 is 1.24 bits per heavy atom. The van der Waals surface area contributed by atoms with Crippen LogP contribution in [0.1, 0.15) is 18.4 Å². The summed E-state index contributed by atoms with van der Waals surface area (Å²) in [5.74, 6) is 0.810. The van der Waals surface area contributed by atoms with Crippen molar-refractivity contribution in [3.05, 3.63) is 48.4 Å². The number of anilines is 1. The van der Waals surface area contributed by atoms with E-state index in [1.165, 1.54) is 18.5 Å². The van der Waals surface area contributed by atoms with Crippen molar-refractivity contribution in [2.24, 2.45) is 5.41 Å². The van der Waals surface area contributed by atoms with E-state index in [4.69, 9.17) is 5.26 Å². The number of aromatic amines is 1. The van der Waals surface area contributed by atoms with Gasteiger partial charge in [0.15, 0.2) is 0 Å². The highest BCUT2D eigenvalue weighted by Gasteiger charge is 2.59. The number of benzene rings is 1. The van der Waals surface area contributed by atoms with E-state index in [0.717, 1.165) is 29.7 Å². The monoisotopic (exact) mass is 408 g/mol. The van der Waals surface area contributed by atoms with E-state index in [2.05, 4.69) is 19.9 Å². The van der Waals surface area contributed by atoms with Crippen molar-refractivity contribution in [3.8, 4) is 6.07 Å². The Kier molecular flexibility index (Phi) is 3.91. The molecule has 29 heavy (non-hydrogen) atoms. The van der Waals surface area contributed by atoms with Crippen molar-refractivity contribution in [3.63, 3.8) is 0 Å². The van der Waals surface area contributed by atoms with E-state index in [0.29, 0.717) is 18.7 Å². The van der Waals surface area contributed by atoms with Gasteiger partial charge in [0.1, 0.15) is 17.8 Å². The second-order valence-electron chi connectivity index (χ2n) is 7.86. The number of likely N-dealkylation sites (N-methyl/N-ethyl adjacent to an activating group) is 1. The second kappa shape index (κ2) is 6.27. The molecule has 9 heteroatoms. The first-order chi connectivity index (χ1) is 13.9. The molecule has 0 amide bonds. The lowest BCUT2D eigenvalue weighted by molar-refractivity contribution is 0.446. The predicted octanol–water partition coefficient (Wildman–Crippen LogP) is 2.12. The van der Waals surface area contributed by atoms with Crippen molar-refractivity contribution < 1.29 is 8.42 Å². The maximum Gasteiger partial charge on any atom is 0.243 e. The first-order valence-electron chi connectivity index (χ1n) is 9.46. The quantitative estimate of drug-likeness (QED) is 0.709. The third kappa shape index (κ3) is 2.79. The van der Waals surface area contributed by atoms with Gasteiger partial charge in [-0.15, -0.1) is 0 Å². The smallest absolute Gasteiger partial charge is 0.243 e. The van der Waals surface area contributed by atoms with Gasteiger partial charge < -0.3 is 9.88 Å². The molecule has 1 aromatic carbocycles. The number of hydrogen-bond acceptors (Lipinski definition) is 6. The van der Waals surface area contributed by atoms with Crippen molar-refractivity contribution in [1.29, 1.82) is 5.26 Å². The topological polar surface area (TPSA) is 106 Å². The average Bonchev–Trinajstić information content (AvgIpc) is 3.16. The zero-order chi connectivity index (χ0) is 20.2. The number of aromatic nitrogens is 3. The molecule has 1 aliphatic heterocycles.